The Kier molecular flexibility index (Phi) is 5.93. The Morgan fingerprint density at radius 3 is 2.43 bits per heavy atom. The summed E-state index contributed by atoms with van der Waals surface area (Å²) in [6, 6.07) is 3.57. The van der Waals surface area contributed by atoms with E-state index in [-0.39, 0.29) is 11.9 Å². The van der Waals surface area contributed by atoms with Crippen LogP contribution in [-0.4, -0.2) is 41.2 Å². The molecular weight excluding hydrogens is 314 g/mol. The summed E-state index contributed by atoms with van der Waals surface area (Å²) in [5.41, 5.74) is 1.86. The van der Waals surface area contributed by atoms with E-state index in [1.54, 1.807) is 18.9 Å². The molecule has 1 fully saturated rings. The molecule has 0 saturated heterocycles. The predicted octanol–water partition coefficient (Wildman–Crippen LogP) is 3.49. The van der Waals surface area contributed by atoms with Crippen molar-refractivity contribution in [2.75, 3.05) is 7.05 Å². The Balaban J connectivity index is 2.04. The van der Waals surface area contributed by atoms with E-state index >= 15 is 0 Å². The number of carbonyl (C=O) groups excluding carboxylic acids is 1. The Bertz CT molecular complexity index is 552. The molecular formula is C18H26ClNO3. The number of rotatable bonds is 4. The van der Waals surface area contributed by atoms with E-state index in [4.69, 9.17) is 16.3 Å². The zero-order chi connectivity index (χ0) is 17.1. The first-order valence-electron chi connectivity index (χ1n) is 8.19. The van der Waals surface area contributed by atoms with E-state index in [1.165, 1.54) is 0 Å². The van der Waals surface area contributed by atoms with Gasteiger partial charge in [0.1, 0.15) is 5.75 Å². The third kappa shape index (κ3) is 4.18. The number of halogens is 1. The van der Waals surface area contributed by atoms with Crippen molar-refractivity contribution >= 4 is 17.5 Å². The quantitative estimate of drug-likeness (QED) is 0.913. The molecule has 0 aliphatic heterocycles. The topological polar surface area (TPSA) is 49.8 Å². The number of hydrogen-bond donors (Lipinski definition) is 1. The summed E-state index contributed by atoms with van der Waals surface area (Å²) in [6.07, 6.45) is 2.63. The number of nitrogens with zero attached hydrogens (tertiary/aromatic N) is 1. The molecule has 0 heterocycles. The van der Waals surface area contributed by atoms with Crippen molar-refractivity contribution in [2.24, 2.45) is 0 Å². The molecule has 0 bridgehead atoms. The van der Waals surface area contributed by atoms with Crippen LogP contribution in [0.1, 0.15) is 43.7 Å². The van der Waals surface area contributed by atoms with Gasteiger partial charge in [-0.3, -0.25) is 4.79 Å². The SMILES string of the molecule is Cc1cc(O[C@H](C)C(=O)N(C)[C@@H]2CCCC[C@H]2O)cc(C)c1Cl. The van der Waals surface area contributed by atoms with Crippen molar-refractivity contribution in [1.82, 2.24) is 4.90 Å². The van der Waals surface area contributed by atoms with Gasteiger partial charge >= 0.3 is 0 Å². The van der Waals surface area contributed by atoms with Gasteiger partial charge in [0.2, 0.25) is 0 Å². The number of benzene rings is 1. The highest BCUT2D eigenvalue weighted by Gasteiger charge is 2.32. The maximum atomic E-state index is 12.6. The van der Waals surface area contributed by atoms with Crippen LogP contribution >= 0.6 is 11.6 Å². The number of aryl methyl sites for hydroxylation is 2. The lowest BCUT2D eigenvalue weighted by Crippen LogP contribution is -2.50. The molecule has 0 unspecified atom stereocenters. The summed E-state index contributed by atoms with van der Waals surface area (Å²) in [5.74, 6) is 0.532. The summed E-state index contributed by atoms with van der Waals surface area (Å²) in [4.78, 5) is 14.2. The van der Waals surface area contributed by atoms with E-state index in [0.717, 1.165) is 41.8 Å². The predicted molar refractivity (Wildman–Crippen MR) is 92.0 cm³/mol. The maximum absolute atomic E-state index is 12.6. The lowest BCUT2D eigenvalue weighted by atomic mass is 9.91. The molecule has 0 radical (unpaired) electrons. The Labute approximate surface area is 143 Å². The molecule has 1 aromatic carbocycles. The molecule has 1 aliphatic carbocycles. The van der Waals surface area contributed by atoms with E-state index in [9.17, 15) is 9.90 Å². The summed E-state index contributed by atoms with van der Waals surface area (Å²) in [5, 5.41) is 10.8. The zero-order valence-electron chi connectivity index (χ0n) is 14.3. The molecule has 1 saturated carbocycles. The third-order valence-corrected chi connectivity index (χ3v) is 5.21. The number of hydrogen-bond acceptors (Lipinski definition) is 3. The first kappa shape index (κ1) is 18.1. The van der Waals surface area contributed by atoms with Crippen molar-refractivity contribution in [3.05, 3.63) is 28.3 Å². The fraction of sp³-hybridized carbons (Fsp3) is 0.611. The summed E-state index contributed by atoms with van der Waals surface area (Å²) < 4.78 is 5.81. The Hall–Kier alpha value is -1.26. The fourth-order valence-corrected chi connectivity index (χ4v) is 3.33. The third-order valence-electron chi connectivity index (χ3n) is 4.61. The van der Waals surface area contributed by atoms with Gasteiger partial charge in [-0.1, -0.05) is 24.4 Å². The fourth-order valence-electron chi connectivity index (χ4n) is 3.22. The smallest absolute Gasteiger partial charge is 0.263 e. The highest BCUT2D eigenvalue weighted by molar-refractivity contribution is 6.32. The molecule has 1 aliphatic rings. The van der Waals surface area contributed by atoms with Gasteiger partial charge < -0.3 is 14.7 Å². The van der Waals surface area contributed by atoms with Crippen molar-refractivity contribution < 1.29 is 14.6 Å². The van der Waals surface area contributed by atoms with Crippen molar-refractivity contribution in [2.45, 2.75) is 64.7 Å². The summed E-state index contributed by atoms with van der Waals surface area (Å²) >= 11 is 6.16. The van der Waals surface area contributed by atoms with Crippen LogP contribution in [0.3, 0.4) is 0 Å². The first-order chi connectivity index (χ1) is 10.8. The van der Waals surface area contributed by atoms with Crippen LogP contribution in [0.2, 0.25) is 5.02 Å². The number of aliphatic hydroxyl groups is 1. The normalized spacial score (nSPS) is 22.5. The molecule has 128 valence electrons. The van der Waals surface area contributed by atoms with Crippen LogP contribution in [0, 0.1) is 13.8 Å². The number of aliphatic hydroxyl groups excluding tert-OH is 1. The minimum absolute atomic E-state index is 0.110. The molecule has 23 heavy (non-hydrogen) atoms. The van der Waals surface area contributed by atoms with Gasteiger partial charge in [-0.05, 0) is 56.9 Å². The molecule has 1 aromatic rings. The maximum Gasteiger partial charge on any atom is 0.263 e. The van der Waals surface area contributed by atoms with Gasteiger partial charge in [0.25, 0.3) is 5.91 Å². The first-order valence-corrected chi connectivity index (χ1v) is 8.57. The molecule has 3 atom stereocenters. The molecule has 0 spiro atoms. The van der Waals surface area contributed by atoms with E-state index in [0.29, 0.717) is 5.75 Å². The van der Waals surface area contributed by atoms with Crippen LogP contribution in [0.25, 0.3) is 0 Å². The van der Waals surface area contributed by atoms with Gasteiger partial charge in [-0.2, -0.15) is 0 Å². The van der Waals surface area contributed by atoms with E-state index in [2.05, 4.69) is 0 Å². The molecule has 4 nitrogen and oxygen atoms in total. The molecule has 5 heteroatoms. The summed E-state index contributed by atoms with van der Waals surface area (Å²) in [6.45, 7) is 5.58. The monoisotopic (exact) mass is 339 g/mol. The number of ether oxygens (including phenoxy) is 1. The molecule has 2 rings (SSSR count). The van der Waals surface area contributed by atoms with Crippen LogP contribution in [0.4, 0.5) is 0 Å². The van der Waals surface area contributed by atoms with Crippen LogP contribution in [-0.2, 0) is 4.79 Å². The lowest BCUT2D eigenvalue weighted by Gasteiger charge is -2.36. The lowest BCUT2D eigenvalue weighted by molar-refractivity contribution is -0.142. The average molecular weight is 340 g/mol. The largest absolute Gasteiger partial charge is 0.481 e. The number of likely N-dealkylation sites (N-methyl/N-ethyl adjacent to an activating group) is 1. The van der Waals surface area contributed by atoms with Gasteiger partial charge in [0.15, 0.2) is 6.10 Å². The minimum atomic E-state index is -0.603. The van der Waals surface area contributed by atoms with Crippen LogP contribution in [0.5, 0.6) is 5.75 Å². The molecule has 1 N–H and O–H groups in total. The van der Waals surface area contributed by atoms with E-state index < -0.39 is 12.2 Å². The van der Waals surface area contributed by atoms with E-state index in [1.807, 2.05) is 26.0 Å². The second kappa shape index (κ2) is 7.54. The molecule has 0 aromatic heterocycles. The van der Waals surface area contributed by atoms with Gasteiger partial charge in [0.05, 0.1) is 12.1 Å². The van der Waals surface area contributed by atoms with Crippen LogP contribution in [0.15, 0.2) is 12.1 Å². The minimum Gasteiger partial charge on any atom is -0.481 e. The van der Waals surface area contributed by atoms with Gasteiger partial charge in [-0.15, -0.1) is 0 Å². The number of carbonyl (C=O) groups is 1. The zero-order valence-corrected chi connectivity index (χ0v) is 15.1. The van der Waals surface area contributed by atoms with Gasteiger partial charge in [0, 0.05) is 12.1 Å². The average Bonchev–Trinajstić information content (AvgIpc) is 2.51. The van der Waals surface area contributed by atoms with Crippen molar-refractivity contribution in [3.8, 4) is 5.75 Å². The highest BCUT2D eigenvalue weighted by atomic mass is 35.5. The second-order valence-corrected chi connectivity index (χ2v) is 6.88. The number of amides is 1. The second-order valence-electron chi connectivity index (χ2n) is 6.50. The standard InChI is InChI=1S/C18H26ClNO3/c1-11-9-14(10-12(2)17(11)19)23-13(3)18(22)20(4)15-7-5-6-8-16(15)21/h9-10,13,15-16,21H,5-8H2,1-4H3/t13-,15-,16-/m1/s1. The van der Waals surface area contributed by atoms with Crippen molar-refractivity contribution in [1.29, 1.82) is 0 Å². The Morgan fingerprint density at radius 2 is 1.87 bits per heavy atom. The highest BCUT2D eigenvalue weighted by Crippen LogP contribution is 2.27. The van der Waals surface area contributed by atoms with Gasteiger partial charge in [-0.25, -0.2) is 0 Å². The van der Waals surface area contributed by atoms with Crippen molar-refractivity contribution in [3.63, 3.8) is 0 Å². The Morgan fingerprint density at radius 1 is 1.30 bits per heavy atom. The van der Waals surface area contributed by atoms with Crippen LogP contribution < -0.4 is 4.74 Å². The molecule has 1 amide bonds. The summed E-state index contributed by atoms with van der Waals surface area (Å²) in [7, 11) is 1.75.